The molecule has 1 aromatic heterocycles. The van der Waals surface area contributed by atoms with E-state index in [4.69, 9.17) is 5.11 Å². The second-order valence-corrected chi connectivity index (χ2v) is 2.58. The van der Waals surface area contributed by atoms with Crippen molar-refractivity contribution in [2.75, 3.05) is 0 Å². The minimum Gasteiger partial charge on any atom is -0.385 e. The van der Waals surface area contributed by atoms with E-state index in [-0.39, 0.29) is 5.69 Å². The molecule has 1 atom stereocenters. The molecule has 1 rings (SSSR count). The third kappa shape index (κ3) is 1.85. The molecule has 1 heterocycles. The molecule has 64 valence electrons. The fraction of sp³-hybridized carbons (Fsp3) is 0.375. The number of ketones is 1. The summed E-state index contributed by atoms with van der Waals surface area (Å²) in [5, 5.41) is 8.93. The van der Waals surface area contributed by atoms with E-state index in [0.717, 1.165) is 5.69 Å². The van der Waals surface area contributed by atoms with Crippen molar-refractivity contribution in [2.24, 2.45) is 0 Å². The molecule has 12 heavy (non-hydrogen) atoms. The number of hydrogen-bond donors (Lipinski definition) is 1. The predicted molar refractivity (Wildman–Crippen MR) is 42.8 cm³/mol. The van der Waals surface area contributed by atoms with E-state index in [1.165, 1.54) is 19.3 Å². The van der Waals surface area contributed by atoms with Gasteiger partial charge in [0, 0.05) is 6.20 Å². The number of aliphatic hydroxyl groups excluding tert-OH is 1. The van der Waals surface area contributed by atoms with Crippen molar-refractivity contribution in [2.45, 2.75) is 20.0 Å². The van der Waals surface area contributed by atoms with E-state index in [1.807, 2.05) is 0 Å². The van der Waals surface area contributed by atoms with Gasteiger partial charge in [0.15, 0.2) is 0 Å². The molecule has 1 unspecified atom stereocenters. The lowest BCUT2D eigenvalue weighted by Crippen LogP contribution is -2.17. The van der Waals surface area contributed by atoms with Gasteiger partial charge >= 0.3 is 0 Å². The van der Waals surface area contributed by atoms with Crippen LogP contribution in [0.1, 0.15) is 23.1 Å². The lowest BCUT2D eigenvalue weighted by molar-refractivity contribution is 0.0773. The van der Waals surface area contributed by atoms with Crippen LogP contribution in [-0.2, 0) is 0 Å². The first-order chi connectivity index (χ1) is 5.61. The second kappa shape index (κ2) is 3.40. The molecule has 4 heteroatoms. The highest BCUT2D eigenvalue weighted by Crippen LogP contribution is 1.98. The maximum absolute atomic E-state index is 11.1. The zero-order chi connectivity index (χ0) is 9.14. The van der Waals surface area contributed by atoms with E-state index >= 15 is 0 Å². The van der Waals surface area contributed by atoms with E-state index in [0.29, 0.717) is 0 Å². The molecule has 1 aromatic rings. The monoisotopic (exact) mass is 166 g/mol. The Hall–Kier alpha value is -1.29. The van der Waals surface area contributed by atoms with Crippen molar-refractivity contribution >= 4 is 5.78 Å². The number of nitrogens with zero attached hydrogens (tertiary/aromatic N) is 2. The Labute approximate surface area is 70.3 Å². The van der Waals surface area contributed by atoms with E-state index in [2.05, 4.69) is 9.97 Å². The Morgan fingerprint density at radius 1 is 1.50 bits per heavy atom. The van der Waals surface area contributed by atoms with Gasteiger partial charge < -0.3 is 5.11 Å². The van der Waals surface area contributed by atoms with Crippen LogP contribution in [0.4, 0.5) is 0 Å². The van der Waals surface area contributed by atoms with Gasteiger partial charge in [0.1, 0.15) is 11.8 Å². The van der Waals surface area contributed by atoms with E-state index in [9.17, 15) is 4.79 Å². The van der Waals surface area contributed by atoms with E-state index < -0.39 is 11.9 Å². The lowest BCUT2D eigenvalue weighted by Gasteiger charge is -2.01. The Kier molecular flexibility index (Phi) is 2.50. The molecule has 0 saturated heterocycles. The van der Waals surface area contributed by atoms with Crippen LogP contribution < -0.4 is 0 Å². The minimum atomic E-state index is -1.01. The molecule has 0 aliphatic heterocycles. The Balaban J connectivity index is 2.90. The summed E-state index contributed by atoms with van der Waals surface area (Å²) in [5.41, 5.74) is 0.952. The van der Waals surface area contributed by atoms with Crippen molar-refractivity contribution in [3.63, 3.8) is 0 Å². The second-order valence-electron chi connectivity index (χ2n) is 2.58. The Morgan fingerprint density at radius 3 is 2.58 bits per heavy atom. The van der Waals surface area contributed by atoms with E-state index in [1.54, 1.807) is 6.92 Å². The van der Waals surface area contributed by atoms with Crippen molar-refractivity contribution < 1.29 is 9.90 Å². The topological polar surface area (TPSA) is 63.1 Å². The smallest absolute Gasteiger partial charge is 0.210 e. The standard InChI is InChI=1S/C8H10N2O2/c1-5-3-10-7(4-9-5)8(12)6(2)11/h3-4,6,11H,1-2H3. The quantitative estimate of drug-likeness (QED) is 0.644. The molecule has 4 nitrogen and oxygen atoms in total. The largest absolute Gasteiger partial charge is 0.385 e. The van der Waals surface area contributed by atoms with Gasteiger partial charge in [-0.1, -0.05) is 0 Å². The maximum atomic E-state index is 11.1. The van der Waals surface area contributed by atoms with Crippen LogP contribution in [0.25, 0.3) is 0 Å². The lowest BCUT2D eigenvalue weighted by atomic mass is 10.2. The number of rotatable bonds is 2. The fourth-order valence-corrected chi connectivity index (χ4v) is 0.734. The van der Waals surface area contributed by atoms with Crippen molar-refractivity contribution in [3.05, 3.63) is 23.8 Å². The highest BCUT2D eigenvalue weighted by Gasteiger charge is 2.12. The van der Waals surface area contributed by atoms with Crippen LogP contribution in [0.15, 0.2) is 12.4 Å². The van der Waals surface area contributed by atoms with Crippen LogP contribution >= 0.6 is 0 Å². The molecule has 0 bridgehead atoms. The van der Waals surface area contributed by atoms with Crippen molar-refractivity contribution in [3.8, 4) is 0 Å². The molecule has 0 aliphatic carbocycles. The molecule has 0 radical (unpaired) electrons. The first-order valence-electron chi connectivity index (χ1n) is 3.62. The summed E-state index contributed by atoms with van der Waals surface area (Å²) in [6.07, 6.45) is 1.85. The Morgan fingerprint density at radius 2 is 2.17 bits per heavy atom. The van der Waals surface area contributed by atoms with Crippen LogP contribution in [-0.4, -0.2) is 27.0 Å². The summed E-state index contributed by atoms with van der Waals surface area (Å²) < 4.78 is 0. The van der Waals surface area contributed by atoms with Crippen molar-refractivity contribution in [1.29, 1.82) is 0 Å². The number of hydrogen-bond acceptors (Lipinski definition) is 4. The number of aryl methyl sites for hydroxylation is 1. The van der Waals surface area contributed by atoms with Crippen LogP contribution in [0.2, 0.25) is 0 Å². The van der Waals surface area contributed by atoms with Crippen LogP contribution in [0, 0.1) is 6.92 Å². The summed E-state index contributed by atoms with van der Waals surface area (Å²) >= 11 is 0. The number of carbonyl (C=O) groups is 1. The molecular formula is C8H10N2O2. The zero-order valence-electron chi connectivity index (χ0n) is 6.98. The third-order valence-electron chi connectivity index (χ3n) is 1.41. The van der Waals surface area contributed by atoms with Crippen molar-refractivity contribution in [1.82, 2.24) is 9.97 Å². The first kappa shape index (κ1) is 8.80. The molecule has 0 amide bonds. The molecule has 0 spiro atoms. The molecule has 0 saturated carbocycles. The summed E-state index contributed by atoms with van der Waals surface area (Å²) in [4.78, 5) is 18.8. The molecule has 0 aliphatic rings. The summed E-state index contributed by atoms with van der Waals surface area (Å²) in [7, 11) is 0. The SMILES string of the molecule is Cc1cnc(C(=O)C(C)O)cn1. The number of aliphatic hydroxyl groups is 1. The maximum Gasteiger partial charge on any atom is 0.210 e. The highest BCUT2D eigenvalue weighted by molar-refractivity contribution is 5.96. The first-order valence-corrected chi connectivity index (χ1v) is 3.62. The van der Waals surface area contributed by atoms with Gasteiger partial charge in [-0.25, -0.2) is 4.98 Å². The average Bonchev–Trinajstić information content (AvgIpc) is 2.04. The summed E-state index contributed by atoms with van der Waals surface area (Å²) in [5.74, 6) is -0.400. The van der Waals surface area contributed by atoms with Gasteiger partial charge in [-0.05, 0) is 13.8 Å². The zero-order valence-corrected chi connectivity index (χ0v) is 6.98. The predicted octanol–water partition coefficient (Wildman–Crippen LogP) is 0.349. The molecule has 0 aromatic carbocycles. The van der Waals surface area contributed by atoms with Crippen LogP contribution in [0.5, 0.6) is 0 Å². The molecule has 0 fully saturated rings. The van der Waals surface area contributed by atoms with Gasteiger partial charge in [-0.2, -0.15) is 0 Å². The molecule has 1 N–H and O–H groups in total. The minimum absolute atomic E-state index is 0.204. The number of aromatic nitrogens is 2. The van der Waals surface area contributed by atoms with Gasteiger partial charge in [0.05, 0.1) is 11.9 Å². The van der Waals surface area contributed by atoms with Gasteiger partial charge in [-0.15, -0.1) is 0 Å². The normalized spacial score (nSPS) is 12.6. The number of carbonyl (C=O) groups excluding carboxylic acids is 1. The van der Waals surface area contributed by atoms with Gasteiger partial charge in [0.2, 0.25) is 5.78 Å². The van der Waals surface area contributed by atoms with Crippen LogP contribution in [0.3, 0.4) is 0 Å². The van der Waals surface area contributed by atoms with Gasteiger partial charge in [0.25, 0.3) is 0 Å². The Bertz CT molecular complexity index is 280. The average molecular weight is 166 g/mol. The number of Topliss-reactive ketones (excluding diaryl/α,β-unsaturated/α-hetero) is 1. The fourth-order valence-electron chi connectivity index (χ4n) is 0.734. The van der Waals surface area contributed by atoms with Gasteiger partial charge in [-0.3, -0.25) is 9.78 Å². The summed E-state index contributed by atoms with van der Waals surface area (Å²) in [6, 6.07) is 0. The molecular weight excluding hydrogens is 156 g/mol. The summed E-state index contributed by atoms with van der Waals surface area (Å²) in [6.45, 7) is 3.19. The highest BCUT2D eigenvalue weighted by atomic mass is 16.3. The third-order valence-corrected chi connectivity index (χ3v) is 1.41.